The zero-order chi connectivity index (χ0) is 17.9. The van der Waals surface area contributed by atoms with E-state index in [9.17, 15) is 0 Å². The fourth-order valence-corrected chi connectivity index (χ4v) is 3.81. The minimum atomic E-state index is -0.292. The molecule has 0 radical (unpaired) electrons. The first-order valence-electron chi connectivity index (χ1n) is 8.01. The van der Waals surface area contributed by atoms with Gasteiger partial charge < -0.3 is 19.3 Å². The molecule has 0 unspecified atom stereocenters. The van der Waals surface area contributed by atoms with E-state index in [1.807, 2.05) is 6.07 Å². The van der Waals surface area contributed by atoms with Gasteiger partial charge in [-0.15, -0.1) is 10.2 Å². The Labute approximate surface area is 161 Å². The molecule has 0 aliphatic carbocycles. The molecule has 4 heterocycles. The monoisotopic (exact) mass is 438 g/mol. The van der Waals surface area contributed by atoms with Gasteiger partial charge in [0.05, 0.1) is 4.47 Å². The Balaban J connectivity index is 1.37. The van der Waals surface area contributed by atoms with Crippen molar-refractivity contribution in [3.63, 3.8) is 0 Å². The van der Waals surface area contributed by atoms with Gasteiger partial charge in [0.2, 0.25) is 11.0 Å². The highest BCUT2D eigenvalue weighted by atomic mass is 79.9. The highest BCUT2D eigenvalue weighted by molar-refractivity contribution is 9.10. The third kappa shape index (κ3) is 3.69. The Morgan fingerprint density at radius 3 is 2.92 bits per heavy atom. The average Bonchev–Trinajstić information content (AvgIpc) is 3.33. The number of aliphatic hydroxyl groups excluding tert-OH is 1. The van der Waals surface area contributed by atoms with Crippen molar-refractivity contribution in [3.8, 4) is 16.6 Å². The third-order valence-corrected chi connectivity index (χ3v) is 5.53. The van der Waals surface area contributed by atoms with Crippen molar-refractivity contribution in [3.05, 3.63) is 28.8 Å². The highest BCUT2D eigenvalue weighted by Crippen LogP contribution is 2.31. The van der Waals surface area contributed by atoms with Crippen molar-refractivity contribution in [1.82, 2.24) is 25.3 Å². The first kappa shape index (κ1) is 17.3. The summed E-state index contributed by atoms with van der Waals surface area (Å²) in [5.41, 5.74) is 0. The van der Waals surface area contributed by atoms with Crippen molar-refractivity contribution >= 4 is 32.4 Å². The normalized spacial score (nSPS) is 15.4. The van der Waals surface area contributed by atoms with Gasteiger partial charge in [0.1, 0.15) is 18.5 Å². The topological polar surface area (TPSA) is 110 Å². The number of aliphatic hydroxyl groups is 1. The van der Waals surface area contributed by atoms with Crippen LogP contribution in [0.25, 0.3) is 10.8 Å². The molecule has 11 heteroatoms. The van der Waals surface area contributed by atoms with Gasteiger partial charge in [-0.3, -0.25) is 4.98 Å². The van der Waals surface area contributed by atoms with Crippen LogP contribution in [0, 0.1) is 0 Å². The lowest BCUT2D eigenvalue weighted by Gasteiger charge is -2.31. The molecule has 1 fully saturated rings. The Hall–Kier alpha value is -2.11. The minimum Gasteiger partial charge on any atom is -0.489 e. The Morgan fingerprint density at radius 1 is 1.35 bits per heavy atom. The molecule has 0 aromatic carbocycles. The highest BCUT2D eigenvalue weighted by Gasteiger charge is 2.24. The molecule has 1 aliphatic rings. The summed E-state index contributed by atoms with van der Waals surface area (Å²) in [6.07, 6.45) is 5.38. The molecule has 0 bridgehead atoms. The second-order valence-electron chi connectivity index (χ2n) is 5.67. The van der Waals surface area contributed by atoms with Crippen molar-refractivity contribution in [1.29, 1.82) is 0 Å². The molecule has 0 amide bonds. The number of hydrogen-bond donors (Lipinski definition) is 1. The van der Waals surface area contributed by atoms with Gasteiger partial charge in [-0.1, -0.05) is 16.5 Å². The van der Waals surface area contributed by atoms with Crippen LogP contribution in [0.5, 0.6) is 5.75 Å². The van der Waals surface area contributed by atoms with E-state index in [2.05, 4.69) is 46.2 Å². The van der Waals surface area contributed by atoms with Crippen LogP contribution in [-0.4, -0.2) is 49.6 Å². The molecule has 26 heavy (non-hydrogen) atoms. The predicted octanol–water partition coefficient (Wildman–Crippen LogP) is 2.29. The fraction of sp³-hybridized carbons (Fsp3) is 0.400. The summed E-state index contributed by atoms with van der Waals surface area (Å²) in [6, 6.07) is 1.86. The molecule has 3 aromatic heterocycles. The fourth-order valence-electron chi connectivity index (χ4n) is 2.64. The van der Waals surface area contributed by atoms with E-state index in [0.717, 1.165) is 41.3 Å². The average molecular weight is 439 g/mol. The zero-order valence-corrected chi connectivity index (χ0v) is 16.0. The first-order chi connectivity index (χ1) is 12.7. The van der Waals surface area contributed by atoms with Crippen LogP contribution in [0.4, 0.5) is 5.13 Å². The molecule has 0 saturated carbocycles. The van der Waals surface area contributed by atoms with Crippen LogP contribution >= 0.6 is 27.3 Å². The van der Waals surface area contributed by atoms with Crippen LogP contribution < -0.4 is 9.64 Å². The number of halogens is 1. The summed E-state index contributed by atoms with van der Waals surface area (Å²) < 4.78 is 11.8. The van der Waals surface area contributed by atoms with Gasteiger partial charge in [0.25, 0.3) is 5.89 Å². The van der Waals surface area contributed by atoms with E-state index in [-0.39, 0.29) is 18.6 Å². The maximum atomic E-state index is 9.00. The van der Waals surface area contributed by atoms with Gasteiger partial charge in [-0.25, -0.2) is 0 Å². The van der Waals surface area contributed by atoms with Gasteiger partial charge >= 0.3 is 0 Å². The van der Waals surface area contributed by atoms with Crippen LogP contribution in [-0.2, 0) is 6.61 Å². The number of nitrogens with zero attached hydrogens (tertiary/aromatic N) is 6. The lowest BCUT2D eigenvalue weighted by Crippen LogP contribution is -2.38. The van der Waals surface area contributed by atoms with E-state index in [0.29, 0.717) is 10.8 Å². The molecule has 136 valence electrons. The molecule has 0 spiro atoms. The van der Waals surface area contributed by atoms with E-state index in [1.165, 1.54) is 11.3 Å². The van der Waals surface area contributed by atoms with Crippen LogP contribution in [0.1, 0.15) is 18.7 Å². The number of pyridine rings is 1. The van der Waals surface area contributed by atoms with Gasteiger partial charge in [0.15, 0.2) is 5.01 Å². The Morgan fingerprint density at radius 2 is 2.19 bits per heavy atom. The minimum absolute atomic E-state index is 0.154. The van der Waals surface area contributed by atoms with Crippen molar-refractivity contribution in [2.24, 2.45) is 0 Å². The summed E-state index contributed by atoms with van der Waals surface area (Å²) in [6.45, 7) is 1.37. The van der Waals surface area contributed by atoms with E-state index in [1.54, 1.807) is 12.4 Å². The number of aromatic nitrogens is 5. The molecular weight excluding hydrogens is 424 g/mol. The lowest BCUT2D eigenvalue weighted by atomic mass is 10.1. The summed E-state index contributed by atoms with van der Waals surface area (Å²) in [5.74, 6) is 1.32. The second kappa shape index (κ2) is 7.64. The van der Waals surface area contributed by atoms with Gasteiger partial charge in [-0.2, -0.15) is 4.98 Å². The number of ether oxygens (including phenoxy) is 1. The van der Waals surface area contributed by atoms with Gasteiger partial charge in [-0.05, 0) is 22.0 Å². The number of anilines is 1. The molecule has 3 aromatic rings. The van der Waals surface area contributed by atoms with Crippen molar-refractivity contribution in [2.75, 3.05) is 18.0 Å². The van der Waals surface area contributed by atoms with Gasteiger partial charge in [0, 0.05) is 38.3 Å². The van der Waals surface area contributed by atoms with E-state index >= 15 is 0 Å². The molecule has 0 atom stereocenters. The summed E-state index contributed by atoms with van der Waals surface area (Å²) >= 11 is 4.86. The summed E-state index contributed by atoms with van der Waals surface area (Å²) in [7, 11) is 0. The van der Waals surface area contributed by atoms with Crippen LogP contribution in [0.2, 0.25) is 0 Å². The maximum Gasteiger partial charge on any atom is 0.252 e. The third-order valence-electron chi connectivity index (χ3n) is 3.95. The molecular formula is C15H15BrN6O3S. The van der Waals surface area contributed by atoms with Crippen molar-refractivity contribution < 1.29 is 14.4 Å². The maximum absolute atomic E-state index is 9.00. The summed E-state index contributed by atoms with van der Waals surface area (Å²) in [4.78, 5) is 10.3. The van der Waals surface area contributed by atoms with Crippen LogP contribution in [0.3, 0.4) is 0 Å². The first-order valence-corrected chi connectivity index (χ1v) is 9.62. The van der Waals surface area contributed by atoms with E-state index < -0.39 is 0 Å². The SMILES string of the molecule is OCc1nc(-c2nnc(N3CCC(Oc4ccncc4Br)CC3)s2)no1. The number of rotatable bonds is 5. The van der Waals surface area contributed by atoms with E-state index in [4.69, 9.17) is 14.4 Å². The summed E-state index contributed by atoms with van der Waals surface area (Å²) in [5, 5.41) is 22.5. The quantitative estimate of drug-likeness (QED) is 0.640. The second-order valence-corrected chi connectivity index (χ2v) is 7.48. The number of piperidine rings is 1. The Bertz CT molecular complexity index is 880. The van der Waals surface area contributed by atoms with Crippen molar-refractivity contribution in [2.45, 2.75) is 25.6 Å². The molecule has 4 rings (SSSR count). The molecule has 9 nitrogen and oxygen atoms in total. The smallest absolute Gasteiger partial charge is 0.252 e. The lowest BCUT2D eigenvalue weighted by molar-refractivity contribution is 0.169. The Kier molecular flexibility index (Phi) is 5.09. The predicted molar refractivity (Wildman–Crippen MR) is 96.9 cm³/mol. The van der Waals surface area contributed by atoms with Crippen LogP contribution in [0.15, 0.2) is 27.5 Å². The largest absolute Gasteiger partial charge is 0.489 e. The standard InChI is InChI=1S/C15H15BrN6O3S/c16-10-7-17-4-1-11(10)24-9-2-5-22(6-3-9)15-20-19-14(26-15)13-18-12(8-23)25-21-13/h1,4,7,9,23H,2-3,5-6,8H2. The zero-order valence-electron chi connectivity index (χ0n) is 13.6. The number of hydrogen-bond acceptors (Lipinski definition) is 10. The molecule has 1 N–H and O–H groups in total. The molecule has 1 saturated heterocycles. The molecule has 1 aliphatic heterocycles.